The highest BCUT2D eigenvalue weighted by molar-refractivity contribution is 5.96. The van der Waals surface area contributed by atoms with Crippen molar-refractivity contribution < 1.29 is 4.79 Å². The second-order valence-corrected chi connectivity index (χ2v) is 8.83. The third kappa shape index (κ3) is 7.01. The molecule has 4 rings (SSSR count). The molecule has 2 heterocycles. The molecule has 0 bridgehead atoms. The van der Waals surface area contributed by atoms with Crippen LogP contribution in [0.5, 0.6) is 0 Å². The lowest BCUT2D eigenvalue weighted by atomic mass is 9.96. The first-order valence-corrected chi connectivity index (χ1v) is 12.6. The summed E-state index contributed by atoms with van der Waals surface area (Å²) >= 11 is 0. The average molecular weight is 481 g/mol. The van der Waals surface area contributed by atoms with Crippen molar-refractivity contribution >= 4 is 17.4 Å². The van der Waals surface area contributed by atoms with Crippen LogP contribution in [0.25, 0.3) is 22.3 Å². The van der Waals surface area contributed by atoms with Gasteiger partial charge in [-0.2, -0.15) is 0 Å². The van der Waals surface area contributed by atoms with Gasteiger partial charge in [0.1, 0.15) is 5.82 Å². The van der Waals surface area contributed by atoms with Gasteiger partial charge in [0.05, 0.1) is 5.92 Å². The lowest BCUT2D eigenvalue weighted by Crippen LogP contribution is -2.18. The molecule has 0 saturated heterocycles. The van der Waals surface area contributed by atoms with E-state index in [9.17, 15) is 4.79 Å². The van der Waals surface area contributed by atoms with Crippen LogP contribution in [0.2, 0.25) is 0 Å². The Balaban J connectivity index is 0.00000176. The summed E-state index contributed by atoms with van der Waals surface area (Å²) in [5.74, 6) is 0.518. The number of hydrogen-bond acceptors (Lipinski definition) is 4. The molecule has 1 amide bonds. The summed E-state index contributed by atoms with van der Waals surface area (Å²) in [5.41, 5.74) is 6.97. The van der Waals surface area contributed by atoms with Crippen molar-refractivity contribution in [2.24, 2.45) is 0 Å². The Labute approximate surface area is 215 Å². The van der Waals surface area contributed by atoms with Crippen LogP contribution in [0.15, 0.2) is 85.2 Å². The highest BCUT2D eigenvalue weighted by atomic mass is 16.1. The first kappa shape index (κ1) is 26.6. The van der Waals surface area contributed by atoms with Gasteiger partial charge in [-0.3, -0.25) is 9.78 Å². The molecule has 2 aromatic carbocycles. The molecule has 4 aromatic rings. The van der Waals surface area contributed by atoms with Crippen LogP contribution >= 0.6 is 0 Å². The standard InChI is InChI=1S/C29H30N4O.C2H6/c1-19(2)32-28-13-10-26(18-31-28)24-7-5-6-23(17-24)21(4)29(34)33-27-11-8-22(9-12-27)25-14-15-30-20(3)16-25;1-2/h5-19,21H,1-4H3,(H,31,32)(H,33,34);1-2H3. The topological polar surface area (TPSA) is 66.9 Å². The molecule has 36 heavy (non-hydrogen) atoms. The number of aromatic nitrogens is 2. The maximum atomic E-state index is 13.0. The van der Waals surface area contributed by atoms with E-state index in [-0.39, 0.29) is 11.8 Å². The molecule has 0 spiro atoms. The molecule has 5 heteroatoms. The molecule has 0 radical (unpaired) electrons. The minimum atomic E-state index is -0.294. The molecule has 0 aliphatic carbocycles. The molecule has 0 saturated carbocycles. The van der Waals surface area contributed by atoms with Crippen LogP contribution in [0, 0.1) is 6.92 Å². The summed E-state index contributed by atoms with van der Waals surface area (Å²) in [6.07, 6.45) is 3.67. The van der Waals surface area contributed by atoms with Gasteiger partial charge >= 0.3 is 0 Å². The van der Waals surface area contributed by atoms with Crippen molar-refractivity contribution in [3.05, 3.63) is 96.4 Å². The monoisotopic (exact) mass is 480 g/mol. The fourth-order valence-electron chi connectivity index (χ4n) is 3.81. The third-order valence-corrected chi connectivity index (χ3v) is 5.70. The predicted molar refractivity (Wildman–Crippen MR) is 151 cm³/mol. The van der Waals surface area contributed by atoms with Crippen molar-refractivity contribution in [1.82, 2.24) is 9.97 Å². The van der Waals surface area contributed by atoms with Crippen LogP contribution in [-0.4, -0.2) is 21.9 Å². The summed E-state index contributed by atoms with van der Waals surface area (Å²) in [7, 11) is 0. The van der Waals surface area contributed by atoms with Gasteiger partial charge in [0.25, 0.3) is 0 Å². The molecule has 0 aliphatic rings. The van der Waals surface area contributed by atoms with Crippen LogP contribution in [0.3, 0.4) is 0 Å². The Morgan fingerprint density at radius 3 is 2.11 bits per heavy atom. The number of anilines is 2. The van der Waals surface area contributed by atoms with Crippen molar-refractivity contribution in [2.45, 2.75) is 53.5 Å². The molecular weight excluding hydrogens is 444 g/mol. The molecule has 2 N–H and O–H groups in total. The first-order chi connectivity index (χ1) is 17.4. The molecular formula is C31H36N4O. The van der Waals surface area contributed by atoms with Gasteiger partial charge in [0, 0.05) is 35.4 Å². The van der Waals surface area contributed by atoms with Gasteiger partial charge in [0.15, 0.2) is 0 Å². The normalized spacial score (nSPS) is 11.3. The van der Waals surface area contributed by atoms with Crippen molar-refractivity contribution in [1.29, 1.82) is 0 Å². The van der Waals surface area contributed by atoms with E-state index in [4.69, 9.17) is 0 Å². The molecule has 186 valence electrons. The van der Waals surface area contributed by atoms with Crippen molar-refractivity contribution in [2.75, 3.05) is 10.6 Å². The Kier molecular flexibility index (Phi) is 9.34. The highest BCUT2D eigenvalue weighted by Crippen LogP contribution is 2.26. The summed E-state index contributed by atoms with van der Waals surface area (Å²) in [6.45, 7) is 12.1. The number of hydrogen-bond donors (Lipinski definition) is 2. The number of amides is 1. The molecule has 1 atom stereocenters. The zero-order valence-electron chi connectivity index (χ0n) is 22.0. The molecule has 5 nitrogen and oxygen atoms in total. The number of pyridine rings is 2. The van der Waals surface area contributed by atoms with Crippen molar-refractivity contribution in [3.63, 3.8) is 0 Å². The van der Waals surface area contributed by atoms with Crippen LogP contribution in [0.1, 0.15) is 51.8 Å². The number of aryl methyl sites for hydroxylation is 1. The Morgan fingerprint density at radius 1 is 0.778 bits per heavy atom. The van der Waals surface area contributed by atoms with Gasteiger partial charge in [0.2, 0.25) is 5.91 Å². The zero-order valence-corrected chi connectivity index (χ0v) is 22.0. The number of nitrogens with zero attached hydrogens (tertiary/aromatic N) is 2. The van der Waals surface area contributed by atoms with E-state index < -0.39 is 0 Å². The van der Waals surface area contributed by atoms with Gasteiger partial charge < -0.3 is 10.6 Å². The van der Waals surface area contributed by atoms with E-state index in [1.807, 2.05) is 107 Å². The maximum absolute atomic E-state index is 13.0. The lowest BCUT2D eigenvalue weighted by Gasteiger charge is -2.15. The minimum absolute atomic E-state index is 0.0424. The number of nitrogens with one attached hydrogen (secondary N) is 2. The largest absolute Gasteiger partial charge is 0.368 e. The van der Waals surface area contributed by atoms with Crippen LogP contribution < -0.4 is 10.6 Å². The van der Waals surface area contributed by atoms with Gasteiger partial charge in [-0.15, -0.1) is 0 Å². The molecule has 2 aromatic heterocycles. The smallest absolute Gasteiger partial charge is 0.231 e. The van der Waals surface area contributed by atoms with E-state index in [2.05, 4.69) is 40.5 Å². The Morgan fingerprint density at radius 2 is 1.47 bits per heavy atom. The van der Waals surface area contributed by atoms with Gasteiger partial charge in [-0.05, 0) is 86.3 Å². The number of rotatable bonds is 7. The quantitative estimate of drug-likeness (QED) is 0.284. The summed E-state index contributed by atoms with van der Waals surface area (Å²) in [6, 6.07) is 24.4. The number of benzene rings is 2. The van der Waals surface area contributed by atoms with E-state index in [1.54, 1.807) is 0 Å². The van der Waals surface area contributed by atoms with E-state index >= 15 is 0 Å². The van der Waals surface area contributed by atoms with Gasteiger partial charge in [-0.1, -0.05) is 50.2 Å². The fraction of sp³-hybridized carbons (Fsp3) is 0.258. The zero-order chi connectivity index (χ0) is 26.1. The predicted octanol–water partition coefficient (Wildman–Crippen LogP) is 7.71. The lowest BCUT2D eigenvalue weighted by molar-refractivity contribution is -0.117. The van der Waals surface area contributed by atoms with E-state index in [0.29, 0.717) is 6.04 Å². The second-order valence-electron chi connectivity index (χ2n) is 8.83. The summed E-state index contributed by atoms with van der Waals surface area (Å²) < 4.78 is 0. The SMILES string of the molecule is CC.Cc1cc(-c2ccc(NC(=O)C(C)c3cccc(-c4ccc(NC(C)C)nc4)c3)cc2)ccn1. The average Bonchev–Trinajstić information content (AvgIpc) is 2.90. The van der Waals surface area contributed by atoms with Crippen LogP contribution in [0.4, 0.5) is 11.5 Å². The number of carbonyl (C=O) groups is 1. The Bertz CT molecular complexity index is 1260. The third-order valence-electron chi connectivity index (χ3n) is 5.70. The minimum Gasteiger partial charge on any atom is -0.368 e. The molecule has 1 unspecified atom stereocenters. The Hall–Kier alpha value is -3.99. The fourth-order valence-corrected chi connectivity index (χ4v) is 3.81. The summed E-state index contributed by atoms with van der Waals surface area (Å²) in [5, 5.41) is 6.34. The molecule has 0 aliphatic heterocycles. The van der Waals surface area contributed by atoms with Crippen LogP contribution in [-0.2, 0) is 4.79 Å². The second kappa shape index (κ2) is 12.6. The van der Waals surface area contributed by atoms with E-state index in [0.717, 1.165) is 45.0 Å². The van der Waals surface area contributed by atoms with Gasteiger partial charge in [-0.25, -0.2) is 4.98 Å². The van der Waals surface area contributed by atoms with E-state index in [1.165, 1.54) is 0 Å². The molecule has 0 fully saturated rings. The maximum Gasteiger partial charge on any atom is 0.231 e. The first-order valence-electron chi connectivity index (χ1n) is 12.6. The highest BCUT2D eigenvalue weighted by Gasteiger charge is 2.16. The van der Waals surface area contributed by atoms with Crippen molar-refractivity contribution in [3.8, 4) is 22.3 Å². The number of carbonyl (C=O) groups excluding carboxylic acids is 1. The summed E-state index contributed by atoms with van der Waals surface area (Å²) in [4.78, 5) is 21.7.